The predicted molar refractivity (Wildman–Crippen MR) is 128 cm³/mol. The highest BCUT2D eigenvalue weighted by molar-refractivity contribution is 7.98. The molecule has 0 aliphatic heterocycles. The third kappa shape index (κ3) is 5.55. The number of benzene rings is 3. The van der Waals surface area contributed by atoms with Crippen LogP contribution in [-0.2, 0) is 5.75 Å². The highest BCUT2D eigenvalue weighted by Gasteiger charge is 2.12. The molecule has 1 heterocycles. The Labute approximate surface area is 194 Å². The Balaban J connectivity index is 1.41. The van der Waals surface area contributed by atoms with Gasteiger partial charge in [-0.1, -0.05) is 18.2 Å². The summed E-state index contributed by atoms with van der Waals surface area (Å²) in [5.41, 5.74) is 2.84. The van der Waals surface area contributed by atoms with Gasteiger partial charge in [0.1, 0.15) is 11.5 Å². The fourth-order valence-electron chi connectivity index (χ4n) is 2.98. The summed E-state index contributed by atoms with van der Waals surface area (Å²) < 4.78 is 5.79. The maximum Gasteiger partial charge on any atom is 0.256 e. The van der Waals surface area contributed by atoms with E-state index in [9.17, 15) is 4.79 Å². The van der Waals surface area contributed by atoms with Crippen LogP contribution in [-0.4, -0.2) is 10.9 Å². The van der Waals surface area contributed by atoms with Crippen LogP contribution in [0.5, 0.6) is 11.5 Å². The number of aryl methyl sites for hydroxylation is 1. The van der Waals surface area contributed by atoms with Crippen molar-refractivity contribution < 1.29 is 9.53 Å². The number of hydrogen-bond acceptors (Lipinski definition) is 6. The maximum absolute atomic E-state index is 12.9. The third-order valence-electron chi connectivity index (χ3n) is 4.48. The molecule has 0 bridgehead atoms. The first-order valence-corrected chi connectivity index (χ1v) is 11.7. The van der Waals surface area contributed by atoms with E-state index in [0.717, 1.165) is 15.6 Å². The molecule has 158 valence electrons. The van der Waals surface area contributed by atoms with E-state index in [-0.39, 0.29) is 5.91 Å². The molecule has 0 aliphatic carbocycles. The van der Waals surface area contributed by atoms with E-state index >= 15 is 0 Å². The molecule has 3 aromatic carbocycles. The molecule has 0 radical (unpaired) electrons. The molecule has 0 fully saturated rings. The van der Waals surface area contributed by atoms with Crippen LogP contribution in [0.1, 0.15) is 26.6 Å². The largest absolute Gasteiger partial charge is 0.457 e. The topological polar surface area (TPSA) is 75.0 Å². The van der Waals surface area contributed by atoms with Gasteiger partial charge in [-0.25, -0.2) is 4.98 Å². The zero-order chi connectivity index (χ0) is 22.3. The predicted octanol–water partition coefficient (Wildman–Crippen LogP) is 6.66. The van der Waals surface area contributed by atoms with Crippen LogP contribution in [0.25, 0.3) is 0 Å². The first kappa shape index (κ1) is 21.6. The van der Waals surface area contributed by atoms with Gasteiger partial charge in [0, 0.05) is 21.7 Å². The Morgan fingerprint density at radius 1 is 1.09 bits per heavy atom. The molecule has 1 amide bonds. The van der Waals surface area contributed by atoms with Crippen LogP contribution in [0.15, 0.2) is 83.1 Å². The number of amides is 1. The number of ether oxygens (including phenoxy) is 1. The summed E-state index contributed by atoms with van der Waals surface area (Å²) >= 11 is 3.23. The lowest BCUT2D eigenvalue weighted by molar-refractivity contribution is 0.102. The van der Waals surface area contributed by atoms with Gasteiger partial charge in [-0.15, -0.1) is 23.1 Å². The van der Waals surface area contributed by atoms with E-state index in [1.165, 1.54) is 0 Å². The summed E-state index contributed by atoms with van der Waals surface area (Å²) in [6, 6.07) is 23.7. The average molecular weight is 458 g/mol. The third-order valence-corrected chi connectivity index (χ3v) is 6.41. The second-order valence-corrected chi connectivity index (χ2v) is 8.94. The lowest BCUT2D eigenvalue weighted by atomic mass is 10.2. The van der Waals surface area contributed by atoms with Crippen molar-refractivity contribution in [2.45, 2.75) is 17.6 Å². The van der Waals surface area contributed by atoms with Crippen LogP contribution in [0.2, 0.25) is 0 Å². The van der Waals surface area contributed by atoms with Crippen molar-refractivity contribution in [3.05, 3.63) is 100 Å². The number of nitriles is 1. The second-order valence-electron chi connectivity index (χ2n) is 6.86. The SMILES string of the molecule is Cc1nc(CSc2ccccc2C(=O)Nc2ccc(Oc3cccc(C#N)c3)cc2)cs1. The van der Waals surface area contributed by atoms with Crippen LogP contribution < -0.4 is 10.1 Å². The number of nitrogens with one attached hydrogen (secondary N) is 1. The zero-order valence-electron chi connectivity index (χ0n) is 17.2. The Morgan fingerprint density at radius 3 is 2.66 bits per heavy atom. The molecule has 32 heavy (non-hydrogen) atoms. The molecule has 7 heteroatoms. The molecule has 0 atom stereocenters. The van der Waals surface area contributed by atoms with Crippen molar-refractivity contribution in [3.63, 3.8) is 0 Å². The van der Waals surface area contributed by atoms with Crippen LogP contribution in [0, 0.1) is 18.3 Å². The van der Waals surface area contributed by atoms with Gasteiger partial charge >= 0.3 is 0 Å². The summed E-state index contributed by atoms with van der Waals surface area (Å²) in [6.45, 7) is 1.99. The number of nitrogens with zero attached hydrogens (tertiary/aromatic N) is 2. The lowest BCUT2D eigenvalue weighted by Crippen LogP contribution is -2.12. The highest BCUT2D eigenvalue weighted by Crippen LogP contribution is 2.28. The fourth-order valence-corrected chi connectivity index (χ4v) is 4.64. The van der Waals surface area contributed by atoms with Gasteiger partial charge in [0.15, 0.2) is 0 Å². The molecule has 1 aromatic heterocycles. The quantitative estimate of drug-likeness (QED) is 0.314. The van der Waals surface area contributed by atoms with Crippen LogP contribution >= 0.6 is 23.1 Å². The van der Waals surface area contributed by atoms with Gasteiger partial charge in [-0.05, 0) is 61.5 Å². The number of carbonyl (C=O) groups is 1. The molecule has 0 saturated carbocycles. The van der Waals surface area contributed by atoms with Gasteiger partial charge in [0.05, 0.1) is 27.9 Å². The number of hydrogen-bond donors (Lipinski definition) is 1. The van der Waals surface area contributed by atoms with Gasteiger partial charge in [0.25, 0.3) is 5.91 Å². The smallest absolute Gasteiger partial charge is 0.256 e. The van der Waals surface area contributed by atoms with Crippen molar-refractivity contribution in [1.82, 2.24) is 4.98 Å². The lowest BCUT2D eigenvalue weighted by Gasteiger charge is -2.11. The summed E-state index contributed by atoms with van der Waals surface area (Å²) in [6.07, 6.45) is 0. The first-order valence-electron chi connectivity index (χ1n) is 9.83. The normalized spacial score (nSPS) is 10.4. The fraction of sp³-hybridized carbons (Fsp3) is 0.0800. The van der Waals surface area contributed by atoms with E-state index < -0.39 is 0 Å². The molecule has 1 N–H and O–H groups in total. The molecule has 0 aliphatic rings. The maximum atomic E-state index is 12.9. The number of rotatable bonds is 7. The molecular formula is C25H19N3O2S2. The molecular weight excluding hydrogens is 438 g/mol. The zero-order valence-corrected chi connectivity index (χ0v) is 18.9. The number of aromatic nitrogens is 1. The summed E-state index contributed by atoms with van der Waals surface area (Å²) in [7, 11) is 0. The van der Waals surface area contributed by atoms with Crippen molar-refractivity contribution in [3.8, 4) is 17.6 Å². The monoisotopic (exact) mass is 457 g/mol. The first-order chi connectivity index (χ1) is 15.6. The van der Waals surface area contributed by atoms with Crippen molar-refractivity contribution in [1.29, 1.82) is 5.26 Å². The van der Waals surface area contributed by atoms with Gasteiger partial charge in [0.2, 0.25) is 0 Å². The minimum atomic E-state index is -0.169. The van der Waals surface area contributed by atoms with E-state index in [1.54, 1.807) is 71.6 Å². The van der Waals surface area contributed by atoms with Gasteiger partial charge in [-0.3, -0.25) is 4.79 Å². The Hall–Kier alpha value is -3.60. The number of thioether (sulfide) groups is 1. The molecule has 0 saturated heterocycles. The Bertz CT molecular complexity index is 1280. The summed E-state index contributed by atoms with van der Waals surface area (Å²) in [5, 5.41) is 15.0. The van der Waals surface area contributed by atoms with E-state index in [4.69, 9.17) is 10.00 Å². The van der Waals surface area contributed by atoms with Crippen LogP contribution in [0.3, 0.4) is 0 Å². The molecule has 4 rings (SSSR count). The molecule has 0 unspecified atom stereocenters. The second kappa shape index (κ2) is 10.1. The molecule has 5 nitrogen and oxygen atoms in total. The summed E-state index contributed by atoms with van der Waals surface area (Å²) in [5.74, 6) is 1.75. The Morgan fingerprint density at radius 2 is 1.91 bits per heavy atom. The number of carbonyl (C=O) groups excluding carboxylic acids is 1. The van der Waals surface area contributed by atoms with Crippen molar-refractivity contribution in [2.75, 3.05) is 5.32 Å². The van der Waals surface area contributed by atoms with Crippen LogP contribution in [0.4, 0.5) is 5.69 Å². The Kier molecular flexibility index (Phi) is 6.85. The summed E-state index contributed by atoms with van der Waals surface area (Å²) in [4.78, 5) is 18.3. The van der Waals surface area contributed by atoms with E-state index in [2.05, 4.69) is 16.4 Å². The standard InChI is InChI=1S/C25H19N3O2S2/c1-17-27-20(15-31-17)16-32-24-8-3-2-7-23(24)25(29)28-19-9-11-21(12-10-19)30-22-6-4-5-18(13-22)14-26/h2-13,15H,16H2,1H3,(H,28,29). The minimum Gasteiger partial charge on any atom is -0.457 e. The van der Waals surface area contributed by atoms with Gasteiger partial charge in [-0.2, -0.15) is 5.26 Å². The highest BCUT2D eigenvalue weighted by atomic mass is 32.2. The van der Waals surface area contributed by atoms with Gasteiger partial charge < -0.3 is 10.1 Å². The van der Waals surface area contributed by atoms with Crippen molar-refractivity contribution >= 4 is 34.7 Å². The minimum absolute atomic E-state index is 0.169. The average Bonchev–Trinajstić information content (AvgIpc) is 3.24. The van der Waals surface area contributed by atoms with E-state index in [1.807, 2.05) is 36.6 Å². The number of anilines is 1. The van der Waals surface area contributed by atoms with E-state index in [0.29, 0.717) is 34.1 Å². The van der Waals surface area contributed by atoms with Crippen molar-refractivity contribution in [2.24, 2.45) is 0 Å². The molecule has 4 aromatic rings. The molecule has 0 spiro atoms. The number of thiazole rings is 1.